The van der Waals surface area contributed by atoms with Crippen LogP contribution in [0.4, 0.5) is 0 Å². The minimum Gasteiger partial charge on any atom is -0.300 e. The van der Waals surface area contributed by atoms with E-state index >= 15 is 0 Å². The molecule has 2 N–H and O–H groups in total. The first-order chi connectivity index (χ1) is 6.31. The van der Waals surface area contributed by atoms with E-state index in [2.05, 4.69) is 10.9 Å². The molecule has 1 aliphatic carbocycles. The zero-order chi connectivity index (χ0) is 9.26. The largest absolute Gasteiger partial charge is 0.300 e. The fourth-order valence-corrected chi connectivity index (χ4v) is 1.68. The highest BCUT2D eigenvalue weighted by molar-refractivity contribution is 6.31. The van der Waals surface area contributed by atoms with Crippen LogP contribution < -0.4 is 5.90 Å². The zero-order valence-electron chi connectivity index (χ0n) is 7.29. The highest BCUT2D eigenvalue weighted by atomic mass is 35.5. The van der Waals surface area contributed by atoms with E-state index in [1.165, 1.54) is 18.4 Å². The highest BCUT2D eigenvalue weighted by Crippen LogP contribution is 2.41. The Morgan fingerprint density at radius 1 is 1.46 bits per heavy atom. The first-order valence-corrected chi connectivity index (χ1v) is 4.79. The molecule has 0 aliphatic heterocycles. The van der Waals surface area contributed by atoms with Gasteiger partial charge in [0.25, 0.3) is 0 Å². The Morgan fingerprint density at radius 3 is 2.77 bits per heavy atom. The van der Waals surface area contributed by atoms with Gasteiger partial charge >= 0.3 is 0 Å². The summed E-state index contributed by atoms with van der Waals surface area (Å²) in [6.45, 7) is 0.379. The molecule has 0 atom stereocenters. The molecule has 3 heteroatoms. The maximum absolute atomic E-state index is 6.04. The maximum Gasteiger partial charge on any atom is 0.0944 e. The Labute approximate surface area is 82.6 Å². The van der Waals surface area contributed by atoms with Crippen molar-refractivity contribution in [2.24, 2.45) is 5.90 Å². The Kier molecular flexibility index (Phi) is 2.54. The van der Waals surface area contributed by atoms with E-state index in [4.69, 9.17) is 17.5 Å². The fourth-order valence-electron chi connectivity index (χ4n) is 1.44. The van der Waals surface area contributed by atoms with Crippen LogP contribution in [0, 0.1) is 0 Å². The molecule has 1 aliphatic rings. The van der Waals surface area contributed by atoms with Crippen molar-refractivity contribution in [3.05, 3.63) is 34.3 Å². The van der Waals surface area contributed by atoms with Crippen LogP contribution in [0.2, 0.25) is 5.02 Å². The van der Waals surface area contributed by atoms with Gasteiger partial charge < -0.3 is 0 Å². The van der Waals surface area contributed by atoms with Crippen LogP contribution in [0.1, 0.15) is 29.9 Å². The monoisotopic (exact) mass is 197 g/mol. The lowest BCUT2D eigenvalue weighted by atomic mass is 10.1. The van der Waals surface area contributed by atoms with Crippen LogP contribution in [0.15, 0.2) is 18.2 Å². The van der Waals surface area contributed by atoms with Gasteiger partial charge in [0, 0.05) is 5.02 Å². The minimum absolute atomic E-state index is 0.379. The molecular formula is C10H12ClNO. The van der Waals surface area contributed by atoms with Crippen LogP contribution in [-0.4, -0.2) is 0 Å². The second kappa shape index (κ2) is 3.66. The molecule has 0 unspecified atom stereocenters. The lowest BCUT2D eigenvalue weighted by Crippen LogP contribution is -1.99. The molecule has 1 fully saturated rings. The molecule has 13 heavy (non-hydrogen) atoms. The van der Waals surface area contributed by atoms with Crippen molar-refractivity contribution in [3.63, 3.8) is 0 Å². The van der Waals surface area contributed by atoms with Crippen LogP contribution in [0.25, 0.3) is 0 Å². The topological polar surface area (TPSA) is 35.2 Å². The summed E-state index contributed by atoms with van der Waals surface area (Å²) in [5, 5.41) is 0.759. The van der Waals surface area contributed by atoms with Gasteiger partial charge in [0.15, 0.2) is 0 Å². The molecule has 1 aromatic carbocycles. The minimum atomic E-state index is 0.379. The van der Waals surface area contributed by atoms with E-state index < -0.39 is 0 Å². The number of halogens is 1. The number of hydrogen-bond acceptors (Lipinski definition) is 2. The van der Waals surface area contributed by atoms with Gasteiger partial charge in [-0.25, -0.2) is 5.90 Å². The standard InChI is InChI=1S/C10H12ClNO/c11-10-5-8(7-1-2-7)3-4-9(10)6-13-12/h3-5,7H,1-2,6,12H2. The molecule has 0 aromatic heterocycles. The molecule has 70 valence electrons. The third-order valence-corrected chi connectivity index (χ3v) is 2.72. The van der Waals surface area contributed by atoms with E-state index in [1.807, 2.05) is 12.1 Å². The van der Waals surface area contributed by atoms with Crippen LogP contribution in [0.5, 0.6) is 0 Å². The Balaban J connectivity index is 2.21. The summed E-state index contributed by atoms with van der Waals surface area (Å²) in [5.74, 6) is 5.72. The first-order valence-electron chi connectivity index (χ1n) is 4.41. The smallest absolute Gasteiger partial charge is 0.0944 e. The molecule has 0 spiro atoms. The third kappa shape index (κ3) is 2.02. The van der Waals surface area contributed by atoms with Crippen LogP contribution in [0.3, 0.4) is 0 Å². The summed E-state index contributed by atoms with van der Waals surface area (Å²) in [6.07, 6.45) is 2.59. The van der Waals surface area contributed by atoms with E-state index in [0.29, 0.717) is 6.61 Å². The molecule has 0 heterocycles. The first kappa shape index (κ1) is 9.00. The Morgan fingerprint density at radius 2 is 2.23 bits per heavy atom. The average Bonchev–Trinajstić information content (AvgIpc) is 2.91. The number of rotatable bonds is 3. The second-order valence-corrected chi connectivity index (χ2v) is 3.84. The zero-order valence-corrected chi connectivity index (χ0v) is 8.05. The molecule has 0 amide bonds. The fraction of sp³-hybridized carbons (Fsp3) is 0.400. The molecule has 0 saturated heterocycles. The summed E-state index contributed by atoms with van der Waals surface area (Å²) < 4.78 is 0. The molecular weight excluding hydrogens is 186 g/mol. The van der Waals surface area contributed by atoms with Gasteiger partial charge in [-0.05, 0) is 36.0 Å². The summed E-state index contributed by atoms with van der Waals surface area (Å²) in [7, 11) is 0. The number of hydrogen-bond donors (Lipinski definition) is 1. The Bertz CT molecular complexity index is 310. The van der Waals surface area contributed by atoms with Crippen molar-refractivity contribution >= 4 is 11.6 Å². The quantitative estimate of drug-likeness (QED) is 0.757. The van der Waals surface area contributed by atoms with Gasteiger partial charge in [-0.15, -0.1) is 0 Å². The number of nitrogens with two attached hydrogens (primary N) is 1. The van der Waals surface area contributed by atoms with Crippen molar-refractivity contribution in [2.45, 2.75) is 25.4 Å². The van der Waals surface area contributed by atoms with Crippen molar-refractivity contribution < 1.29 is 4.84 Å². The van der Waals surface area contributed by atoms with Crippen molar-refractivity contribution in [2.75, 3.05) is 0 Å². The van der Waals surface area contributed by atoms with Crippen molar-refractivity contribution in [3.8, 4) is 0 Å². The normalized spacial score (nSPS) is 16.2. The molecule has 1 saturated carbocycles. The molecule has 0 radical (unpaired) electrons. The lowest BCUT2D eigenvalue weighted by Gasteiger charge is -2.04. The van der Waals surface area contributed by atoms with Gasteiger partial charge in [0.2, 0.25) is 0 Å². The van der Waals surface area contributed by atoms with Gasteiger partial charge in [0.1, 0.15) is 0 Å². The van der Waals surface area contributed by atoms with Crippen molar-refractivity contribution in [1.82, 2.24) is 0 Å². The molecule has 2 nitrogen and oxygen atoms in total. The van der Waals surface area contributed by atoms with Crippen LogP contribution in [-0.2, 0) is 11.4 Å². The van der Waals surface area contributed by atoms with E-state index in [1.54, 1.807) is 0 Å². The summed E-state index contributed by atoms with van der Waals surface area (Å²) in [4.78, 5) is 4.54. The van der Waals surface area contributed by atoms with Gasteiger partial charge in [-0.1, -0.05) is 23.7 Å². The lowest BCUT2D eigenvalue weighted by molar-refractivity contribution is 0.124. The van der Waals surface area contributed by atoms with E-state index in [-0.39, 0.29) is 0 Å². The summed E-state index contributed by atoms with van der Waals surface area (Å²) >= 11 is 6.04. The average molecular weight is 198 g/mol. The van der Waals surface area contributed by atoms with E-state index in [0.717, 1.165) is 16.5 Å². The highest BCUT2D eigenvalue weighted by Gasteiger charge is 2.23. The summed E-state index contributed by atoms with van der Waals surface area (Å²) in [5.41, 5.74) is 2.29. The second-order valence-electron chi connectivity index (χ2n) is 3.44. The SMILES string of the molecule is NOCc1ccc(C2CC2)cc1Cl. The van der Waals surface area contributed by atoms with Crippen molar-refractivity contribution in [1.29, 1.82) is 0 Å². The molecule has 1 aromatic rings. The van der Waals surface area contributed by atoms with Gasteiger partial charge in [-0.2, -0.15) is 0 Å². The molecule has 2 rings (SSSR count). The number of benzene rings is 1. The maximum atomic E-state index is 6.04. The summed E-state index contributed by atoms with van der Waals surface area (Å²) in [6, 6.07) is 6.12. The third-order valence-electron chi connectivity index (χ3n) is 2.36. The van der Waals surface area contributed by atoms with Gasteiger partial charge in [0.05, 0.1) is 6.61 Å². The predicted octanol–water partition coefficient (Wildman–Crippen LogP) is 2.61. The van der Waals surface area contributed by atoms with Crippen LogP contribution >= 0.6 is 11.6 Å². The molecule has 0 bridgehead atoms. The van der Waals surface area contributed by atoms with E-state index in [9.17, 15) is 0 Å². The predicted molar refractivity (Wildman–Crippen MR) is 52.4 cm³/mol. The Hall–Kier alpha value is -0.570. The van der Waals surface area contributed by atoms with Gasteiger partial charge in [-0.3, -0.25) is 4.84 Å².